The first-order valence-corrected chi connectivity index (χ1v) is 10.6. The zero-order valence-corrected chi connectivity index (χ0v) is 19.9. The van der Waals surface area contributed by atoms with Crippen LogP contribution in [-0.4, -0.2) is 55.4 Å². The summed E-state index contributed by atoms with van der Waals surface area (Å²) in [4.78, 5) is 30.9. The predicted octanol–water partition coefficient (Wildman–Crippen LogP) is 1.45. The standard InChI is InChI=1S/2C13H11N3O2.2H2O/c2*17-12-5-3-10(4-6-12)8-15-16-13(18)11-2-1-7-14-9-11;;/h2*1-9,17H,(H,16,18);2*1H2/b2*15-8+;;. The second-order valence-corrected chi connectivity index (χ2v) is 7.06. The Morgan fingerprint density at radius 2 is 1.00 bits per heavy atom. The Balaban J connectivity index is 0.000000361. The SMILES string of the molecule is O.O.O=C(N/N=C/c1ccc(O)cc1)c1cccnc1.O=C(N/N=C/c1ccc(O)cc1)c1cccnc1. The van der Waals surface area contributed by atoms with E-state index in [0.29, 0.717) is 11.1 Å². The number of aromatic nitrogens is 2. The van der Waals surface area contributed by atoms with Gasteiger partial charge in [0.25, 0.3) is 11.8 Å². The quantitative estimate of drug-likeness (QED) is 0.219. The highest BCUT2D eigenvalue weighted by Crippen LogP contribution is 2.08. The van der Waals surface area contributed by atoms with E-state index in [0.717, 1.165) is 11.1 Å². The number of hydrogen-bond donors (Lipinski definition) is 4. The average Bonchev–Trinajstić information content (AvgIpc) is 2.92. The van der Waals surface area contributed by atoms with Crippen LogP contribution in [0, 0.1) is 0 Å². The molecule has 0 aliphatic carbocycles. The summed E-state index contributed by atoms with van der Waals surface area (Å²) in [6.07, 6.45) is 9.10. The van der Waals surface area contributed by atoms with Crippen molar-refractivity contribution in [3.63, 3.8) is 0 Å². The van der Waals surface area contributed by atoms with E-state index in [4.69, 9.17) is 10.2 Å². The topological polar surface area (TPSA) is 212 Å². The van der Waals surface area contributed by atoms with E-state index in [1.54, 1.807) is 85.2 Å². The van der Waals surface area contributed by atoms with Gasteiger partial charge in [-0.05, 0) is 83.9 Å². The number of benzene rings is 2. The number of carbonyl (C=O) groups excluding carboxylic acids is 2. The van der Waals surface area contributed by atoms with Crippen LogP contribution in [0.15, 0.2) is 108 Å². The smallest absolute Gasteiger partial charge is 0.272 e. The molecule has 38 heavy (non-hydrogen) atoms. The van der Waals surface area contributed by atoms with Crippen LogP contribution in [0.25, 0.3) is 0 Å². The number of phenols is 2. The van der Waals surface area contributed by atoms with Gasteiger partial charge in [0, 0.05) is 24.8 Å². The summed E-state index contributed by atoms with van der Waals surface area (Å²) in [5.74, 6) is -0.269. The van der Waals surface area contributed by atoms with Gasteiger partial charge >= 0.3 is 0 Å². The zero-order valence-electron chi connectivity index (χ0n) is 19.9. The van der Waals surface area contributed by atoms with Gasteiger partial charge in [-0.15, -0.1) is 0 Å². The lowest BCUT2D eigenvalue weighted by Crippen LogP contribution is -2.17. The minimum Gasteiger partial charge on any atom is -0.508 e. The third-order valence-electron chi connectivity index (χ3n) is 4.39. The maximum Gasteiger partial charge on any atom is 0.272 e. The van der Waals surface area contributed by atoms with Crippen LogP contribution in [0.3, 0.4) is 0 Å². The molecule has 12 nitrogen and oxygen atoms in total. The molecule has 2 amide bonds. The molecule has 0 aliphatic rings. The van der Waals surface area contributed by atoms with E-state index in [1.165, 1.54) is 24.8 Å². The second-order valence-electron chi connectivity index (χ2n) is 7.06. The third kappa shape index (κ3) is 10.4. The Labute approximate surface area is 217 Å². The number of carbonyl (C=O) groups is 2. The number of rotatable bonds is 6. The molecule has 4 rings (SSSR count). The van der Waals surface area contributed by atoms with Gasteiger partial charge in [-0.1, -0.05) is 0 Å². The number of amides is 2. The van der Waals surface area contributed by atoms with Crippen LogP contribution in [0.5, 0.6) is 11.5 Å². The number of nitrogens with zero attached hydrogens (tertiary/aromatic N) is 4. The molecule has 0 spiro atoms. The maximum absolute atomic E-state index is 11.6. The van der Waals surface area contributed by atoms with Crippen molar-refractivity contribution in [3.05, 3.63) is 120 Å². The molecule has 0 aliphatic heterocycles. The Morgan fingerprint density at radius 1 is 0.632 bits per heavy atom. The van der Waals surface area contributed by atoms with Gasteiger partial charge in [0.2, 0.25) is 0 Å². The molecule has 0 saturated heterocycles. The van der Waals surface area contributed by atoms with Crippen LogP contribution in [0.1, 0.15) is 31.8 Å². The Morgan fingerprint density at radius 3 is 1.32 bits per heavy atom. The molecule has 0 atom stereocenters. The fraction of sp³-hybridized carbons (Fsp3) is 0. The fourth-order valence-corrected chi connectivity index (χ4v) is 2.57. The van der Waals surface area contributed by atoms with Crippen LogP contribution < -0.4 is 10.9 Å². The molecule has 0 bridgehead atoms. The van der Waals surface area contributed by atoms with Gasteiger partial charge in [0.1, 0.15) is 11.5 Å². The molecule has 196 valence electrons. The van der Waals surface area contributed by atoms with Crippen LogP contribution in [0.4, 0.5) is 0 Å². The molecule has 0 radical (unpaired) electrons. The van der Waals surface area contributed by atoms with Gasteiger partial charge in [-0.25, -0.2) is 10.9 Å². The maximum atomic E-state index is 11.6. The van der Waals surface area contributed by atoms with Crippen molar-refractivity contribution < 1.29 is 30.8 Å². The van der Waals surface area contributed by atoms with Crippen LogP contribution in [0.2, 0.25) is 0 Å². The Hall–Kier alpha value is -5.46. The molecule has 4 aromatic rings. The summed E-state index contributed by atoms with van der Waals surface area (Å²) in [6.45, 7) is 0. The lowest BCUT2D eigenvalue weighted by Gasteiger charge is -1.98. The summed E-state index contributed by atoms with van der Waals surface area (Å²) in [5, 5.41) is 25.8. The van der Waals surface area contributed by atoms with Gasteiger partial charge in [-0.2, -0.15) is 10.2 Å². The minimum atomic E-state index is -0.321. The number of nitrogens with one attached hydrogen (secondary N) is 2. The summed E-state index contributed by atoms with van der Waals surface area (Å²) in [7, 11) is 0. The summed E-state index contributed by atoms with van der Waals surface area (Å²) in [6, 6.07) is 19.6. The van der Waals surface area contributed by atoms with Crippen molar-refractivity contribution in [1.82, 2.24) is 20.8 Å². The second kappa shape index (κ2) is 16.3. The average molecular weight is 519 g/mol. The predicted molar refractivity (Wildman–Crippen MR) is 142 cm³/mol. The normalized spacial score (nSPS) is 9.89. The van der Waals surface area contributed by atoms with Crippen molar-refractivity contribution in [3.8, 4) is 11.5 Å². The molecule has 8 N–H and O–H groups in total. The van der Waals surface area contributed by atoms with Crippen molar-refractivity contribution in [2.45, 2.75) is 0 Å². The highest BCUT2D eigenvalue weighted by molar-refractivity contribution is 5.95. The fourth-order valence-electron chi connectivity index (χ4n) is 2.57. The molecule has 0 fully saturated rings. The molecule has 12 heteroatoms. The first-order chi connectivity index (χ1) is 17.5. The molecule has 2 aromatic carbocycles. The van der Waals surface area contributed by atoms with Crippen LogP contribution in [-0.2, 0) is 0 Å². The zero-order chi connectivity index (χ0) is 25.6. The molecule has 0 unspecified atom stereocenters. The van der Waals surface area contributed by atoms with E-state index in [9.17, 15) is 9.59 Å². The Bertz CT molecular complexity index is 1210. The lowest BCUT2D eigenvalue weighted by molar-refractivity contribution is 0.0946. The van der Waals surface area contributed by atoms with Crippen molar-refractivity contribution in [2.75, 3.05) is 0 Å². The number of aromatic hydroxyl groups is 2. The summed E-state index contributed by atoms with van der Waals surface area (Å²) in [5.41, 5.74) is 7.22. The first-order valence-electron chi connectivity index (χ1n) is 10.6. The number of pyridine rings is 2. The minimum absolute atomic E-state index is 0. The van der Waals surface area contributed by atoms with Crippen molar-refractivity contribution in [1.29, 1.82) is 0 Å². The van der Waals surface area contributed by atoms with Crippen LogP contribution >= 0.6 is 0 Å². The van der Waals surface area contributed by atoms with Crippen molar-refractivity contribution in [2.24, 2.45) is 10.2 Å². The first kappa shape index (κ1) is 30.6. The molecule has 2 aromatic heterocycles. The molecule has 0 saturated carbocycles. The van der Waals surface area contributed by atoms with Crippen molar-refractivity contribution >= 4 is 24.2 Å². The van der Waals surface area contributed by atoms with Gasteiger partial charge < -0.3 is 21.2 Å². The lowest BCUT2D eigenvalue weighted by atomic mass is 10.2. The molecular weight excluding hydrogens is 492 g/mol. The highest BCUT2D eigenvalue weighted by Gasteiger charge is 2.03. The van der Waals surface area contributed by atoms with E-state index in [1.807, 2.05) is 0 Å². The van der Waals surface area contributed by atoms with E-state index in [-0.39, 0.29) is 34.3 Å². The molecular formula is C26H26N6O6. The number of hydrazone groups is 2. The Kier molecular flexibility index (Phi) is 13.1. The van der Waals surface area contributed by atoms with Gasteiger partial charge in [0.05, 0.1) is 23.6 Å². The third-order valence-corrected chi connectivity index (χ3v) is 4.39. The highest BCUT2D eigenvalue weighted by atomic mass is 16.3. The van der Waals surface area contributed by atoms with E-state index < -0.39 is 0 Å². The number of phenolic OH excluding ortho intramolecular Hbond substituents is 2. The molecule has 2 heterocycles. The monoisotopic (exact) mass is 518 g/mol. The van der Waals surface area contributed by atoms with Gasteiger partial charge in [-0.3, -0.25) is 19.6 Å². The van der Waals surface area contributed by atoms with Gasteiger partial charge in [0.15, 0.2) is 0 Å². The van der Waals surface area contributed by atoms with E-state index in [2.05, 4.69) is 31.0 Å². The summed E-state index contributed by atoms with van der Waals surface area (Å²) >= 11 is 0. The van der Waals surface area contributed by atoms with E-state index >= 15 is 0 Å². The summed E-state index contributed by atoms with van der Waals surface area (Å²) < 4.78 is 0. The largest absolute Gasteiger partial charge is 0.508 e. The number of hydrogen-bond acceptors (Lipinski definition) is 8.